The van der Waals surface area contributed by atoms with Gasteiger partial charge in [0, 0.05) is 0 Å². The van der Waals surface area contributed by atoms with E-state index in [1.54, 1.807) is 0 Å². The van der Waals surface area contributed by atoms with E-state index in [9.17, 15) is 9.59 Å². The number of hydrogen-bond acceptors (Lipinski definition) is 4. The SMILES string of the molecule is O=C(O)CC(S)C(=O)OCc1ccccc1. The normalized spacial score (nSPS) is 11.8. The van der Waals surface area contributed by atoms with Crippen molar-refractivity contribution in [3.05, 3.63) is 35.9 Å². The maximum Gasteiger partial charge on any atom is 0.319 e. The monoisotopic (exact) mass is 240 g/mol. The summed E-state index contributed by atoms with van der Waals surface area (Å²) >= 11 is 3.86. The lowest BCUT2D eigenvalue weighted by molar-refractivity contribution is -0.147. The lowest BCUT2D eigenvalue weighted by atomic mass is 10.2. The van der Waals surface area contributed by atoms with Gasteiger partial charge in [-0.25, -0.2) is 0 Å². The first-order chi connectivity index (χ1) is 7.59. The van der Waals surface area contributed by atoms with Crippen molar-refractivity contribution in [2.75, 3.05) is 0 Å². The average molecular weight is 240 g/mol. The Morgan fingerprint density at radius 1 is 1.31 bits per heavy atom. The van der Waals surface area contributed by atoms with Gasteiger partial charge in [0.05, 0.1) is 6.42 Å². The molecule has 0 aromatic heterocycles. The second-order valence-electron chi connectivity index (χ2n) is 3.21. The van der Waals surface area contributed by atoms with Crippen LogP contribution >= 0.6 is 12.6 Å². The molecule has 1 aromatic rings. The molecule has 0 bridgehead atoms. The maximum atomic E-state index is 11.3. The maximum absolute atomic E-state index is 11.3. The van der Waals surface area contributed by atoms with Gasteiger partial charge in [-0.05, 0) is 5.56 Å². The standard InChI is InChI=1S/C11H12O4S/c12-10(13)6-9(16)11(14)15-7-8-4-2-1-3-5-8/h1-5,9,16H,6-7H2,(H,12,13). The largest absolute Gasteiger partial charge is 0.481 e. The number of carbonyl (C=O) groups excluding carboxylic acids is 1. The van der Waals surface area contributed by atoms with Crippen LogP contribution in [0.25, 0.3) is 0 Å². The van der Waals surface area contributed by atoms with Crippen LogP contribution in [-0.4, -0.2) is 22.3 Å². The van der Waals surface area contributed by atoms with E-state index in [0.717, 1.165) is 5.56 Å². The molecule has 0 fully saturated rings. The Morgan fingerprint density at radius 2 is 1.94 bits per heavy atom. The van der Waals surface area contributed by atoms with Crippen molar-refractivity contribution < 1.29 is 19.4 Å². The second kappa shape index (κ2) is 6.17. The van der Waals surface area contributed by atoms with E-state index in [2.05, 4.69) is 12.6 Å². The van der Waals surface area contributed by atoms with Gasteiger partial charge >= 0.3 is 11.9 Å². The Bertz CT molecular complexity index is 364. The molecule has 0 aliphatic rings. The van der Waals surface area contributed by atoms with Gasteiger partial charge in [-0.3, -0.25) is 9.59 Å². The Hall–Kier alpha value is -1.49. The predicted octanol–water partition coefficient (Wildman–Crippen LogP) is 1.50. The molecule has 1 unspecified atom stereocenters. The average Bonchev–Trinajstić information content (AvgIpc) is 2.26. The molecule has 0 heterocycles. The van der Waals surface area contributed by atoms with Gasteiger partial charge in [-0.1, -0.05) is 30.3 Å². The van der Waals surface area contributed by atoms with Crippen LogP contribution in [0, 0.1) is 0 Å². The highest BCUT2D eigenvalue weighted by atomic mass is 32.1. The summed E-state index contributed by atoms with van der Waals surface area (Å²) in [6.07, 6.45) is -0.337. The Morgan fingerprint density at radius 3 is 2.50 bits per heavy atom. The van der Waals surface area contributed by atoms with E-state index in [0.29, 0.717) is 0 Å². The third kappa shape index (κ3) is 4.35. The van der Waals surface area contributed by atoms with Gasteiger partial charge in [0.2, 0.25) is 0 Å². The molecule has 0 amide bonds. The quantitative estimate of drug-likeness (QED) is 0.605. The van der Waals surface area contributed by atoms with Crippen molar-refractivity contribution in [2.24, 2.45) is 0 Å². The van der Waals surface area contributed by atoms with E-state index >= 15 is 0 Å². The van der Waals surface area contributed by atoms with Gasteiger partial charge in [0.15, 0.2) is 0 Å². The van der Waals surface area contributed by atoms with Crippen molar-refractivity contribution in [1.29, 1.82) is 0 Å². The minimum Gasteiger partial charge on any atom is -0.481 e. The lowest BCUT2D eigenvalue weighted by Crippen LogP contribution is -2.21. The molecule has 5 heteroatoms. The van der Waals surface area contributed by atoms with Gasteiger partial charge in [0.25, 0.3) is 0 Å². The first kappa shape index (κ1) is 12.6. The van der Waals surface area contributed by atoms with Crippen molar-refractivity contribution >= 4 is 24.6 Å². The summed E-state index contributed by atoms with van der Waals surface area (Å²) < 4.78 is 4.91. The zero-order valence-electron chi connectivity index (χ0n) is 8.50. The van der Waals surface area contributed by atoms with Crippen LogP contribution in [0.2, 0.25) is 0 Å². The fourth-order valence-electron chi connectivity index (χ4n) is 1.07. The molecule has 16 heavy (non-hydrogen) atoms. The number of hydrogen-bond donors (Lipinski definition) is 2. The molecule has 1 atom stereocenters. The van der Waals surface area contributed by atoms with Crippen LogP contribution in [0.3, 0.4) is 0 Å². The highest BCUT2D eigenvalue weighted by Gasteiger charge is 2.18. The Labute approximate surface area is 98.6 Å². The van der Waals surface area contributed by atoms with Gasteiger partial charge < -0.3 is 9.84 Å². The summed E-state index contributed by atoms with van der Waals surface area (Å²) in [4.78, 5) is 21.6. The Kier molecular flexibility index (Phi) is 4.85. The number of esters is 1. The zero-order chi connectivity index (χ0) is 12.0. The third-order valence-electron chi connectivity index (χ3n) is 1.86. The van der Waals surface area contributed by atoms with Crippen LogP contribution in [0.15, 0.2) is 30.3 Å². The van der Waals surface area contributed by atoms with E-state index in [1.807, 2.05) is 30.3 Å². The van der Waals surface area contributed by atoms with Gasteiger partial charge in [-0.15, -0.1) is 0 Å². The fraction of sp³-hybridized carbons (Fsp3) is 0.273. The molecule has 1 rings (SSSR count). The molecule has 0 saturated carbocycles. The van der Waals surface area contributed by atoms with Crippen molar-refractivity contribution in [3.63, 3.8) is 0 Å². The number of carbonyl (C=O) groups is 2. The summed E-state index contributed by atoms with van der Waals surface area (Å²) in [5, 5.41) is 7.55. The first-order valence-corrected chi connectivity index (χ1v) is 5.21. The minimum atomic E-state index is -1.07. The molecule has 1 aromatic carbocycles. The smallest absolute Gasteiger partial charge is 0.319 e. The summed E-state index contributed by atoms with van der Waals surface area (Å²) in [7, 11) is 0. The van der Waals surface area contributed by atoms with Crippen molar-refractivity contribution in [3.8, 4) is 0 Å². The molecule has 86 valence electrons. The number of thiol groups is 1. The highest BCUT2D eigenvalue weighted by Crippen LogP contribution is 2.07. The van der Waals surface area contributed by atoms with Crippen molar-refractivity contribution in [1.82, 2.24) is 0 Å². The fourth-order valence-corrected chi connectivity index (χ4v) is 1.30. The summed E-state index contributed by atoms with van der Waals surface area (Å²) in [5.41, 5.74) is 0.853. The van der Waals surface area contributed by atoms with Crippen LogP contribution in [0.4, 0.5) is 0 Å². The number of aliphatic carboxylic acids is 1. The van der Waals surface area contributed by atoms with Crippen LogP contribution in [-0.2, 0) is 20.9 Å². The molecular weight excluding hydrogens is 228 g/mol. The number of rotatable bonds is 5. The Balaban J connectivity index is 2.38. The van der Waals surface area contributed by atoms with Crippen molar-refractivity contribution in [2.45, 2.75) is 18.3 Å². The van der Waals surface area contributed by atoms with E-state index in [-0.39, 0.29) is 13.0 Å². The first-order valence-electron chi connectivity index (χ1n) is 4.70. The molecule has 0 spiro atoms. The molecule has 0 radical (unpaired) electrons. The van der Waals surface area contributed by atoms with E-state index < -0.39 is 17.2 Å². The zero-order valence-corrected chi connectivity index (χ0v) is 9.39. The molecule has 0 saturated heterocycles. The van der Waals surface area contributed by atoms with E-state index in [4.69, 9.17) is 9.84 Å². The van der Waals surface area contributed by atoms with Crippen LogP contribution in [0.1, 0.15) is 12.0 Å². The van der Waals surface area contributed by atoms with Gasteiger partial charge in [-0.2, -0.15) is 12.6 Å². The molecule has 4 nitrogen and oxygen atoms in total. The summed E-state index contributed by atoms with van der Waals surface area (Å²) in [6.45, 7) is 0.135. The predicted molar refractivity (Wildman–Crippen MR) is 61.3 cm³/mol. The van der Waals surface area contributed by atoms with Gasteiger partial charge in [0.1, 0.15) is 11.9 Å². The lowest BCUT2D eigenvalue weighted by Gasteiger charge is -2.08. The number of ether oxygens (including phenoxy) is 1. The second-order valence-corrected chi connectivity index (χ2v) is 3.83. The molecular formula is C11H12O4S. The molecule has 0 aliphatic carbocycles. The van der Waals surface area contributed by atoms with Crippen LogP contribution in [0.5, 0.6) is 0 Å². The van der Waals surface area contributed by atoms with E-state index in [1.165, 1.54) is 0 Å². The molecule has 1 N–H and O–H groups in total. The summed E-state index contributed by atoms with van der Waals surface area (Å²) in [5.74, 6) is -1.69. The van der Waals surface area contributed by atoms with Crippen LogP contribution < -0.4 is 0 Å². The number of carboxylic acids is 1. The highest BCUT2D eigenvalue weighted by molar-refractivity contribution is 7.81. The third-order valence-corrected chi connectivity index (χ3v) is 2.26. The number of benzene rings is 1. The summed E-state index contributed by atoms with van der Waals surface area (Å²) in [6, 6.07) is 9.16. The minimum absolute atomic E-state index is 0.135. The molecule has 0 aliphatic heterocycles. The number of carboxylic acid groups (broad SMARTS) is 1. The topological polar surface area (TPSA) is 63.6 Å².